The van der Waals surface area contributed by atoms with Gasteiger partial charge in [-0.3, -0.25) is 9.69 Å². The molecule has 0 aliphatic carbocycles. The van der Waals surface area contributed by atoms with Crippen molar-refractivity contribution in [3.63, 3.8) is 0 Å². The third-order valence-electron chi connectivity index (χ3n) is 2.47. The van der Waals surface area contributed by atoms with Crippen LogP contribution >= 0.6 is 0 Å². The second-order valence-corrected chi connectivity index (χ2v) is 3.90. The lowest BCUT2D eigenvalue weighted by atomic mass is 10.3. The van der Waals surface area contributed by atoms with Gasteiger partial charge in [0.05, 0.1) is 6.54 Å². The van der Waals surface area contributed by atoms with E-state index in [0.29, 0.717) is 18.1 Å². The first-order chi connectivity index (χ1) is 7.74. The number of carbonyl (C=O) groups is 1. The van der Waals surface area contributed by atoms with Gasteiger partial charge in [-0.2, -0.15) is 0 Å². The van der Waals surface area contributed by atoms with Gasteiger partial charge in [0.1, 0.15) is 5.76 Å². The lowest BCUT2D eigenvalue weighted by Gasteiger charge is -2.26. The highest BCUT2D eigenvalue weighted by molar-refractivity contribution is 5.91. The summed E-state index contributed by atoms with van der Waals surface area (Å²) in [6, 6.07) is 1.70. The van der Waals surface area contributed by atoms with Crippen molar-refractivity contribution >= 4 is 11.7 Å². The number of nitrogens with zero attached hydrogens (tertiary/aromatic N) is 2. The van der Waals surface area contributed by atoms with Crippen molar-refractivity contribution in [1.29, 1.82) is 0 Å². The number of aryl methyl sites for hydroxylation is 1. The fraction of sp³-hybridized carbons (Fsp3) is 0.600. The van der Waals surface area contributed by atoms with Crippen LogP contribution in [-0.2, 0) is 4.79 Å². The molecule has 2 N–H and O–H groups in total. The normalized spacial score (nSPS) is 17.3. The molecular formula is C10H16N4O2. The highest BCUT2D eigenvalue weighted by Crippen LogP contribution is 2.06. The van der Waals surface area contributed by atoms with E-state index in [4.69, 9.17) is 4.52 Å². The molecule has 1 saturated heterocycles. The number of nitrogens with one attached hydrogen (secondary N) is 2. The molecule has 16 heavy (non-hydrogen) atoms. The number of amides is 1. The Labute approximate surface area is 94.0 Å². The van der Waals surface area contributed by atoms with E-state index in [1.54, 1.807) is 13.0 Å². The van der Waals surface area contributed by atoms with Crippen molar-refractivity contribution in [2.45, 2.75) is 6.92 Å². The third-order valence-corrected chi connectivity index (χ3v) is 2.47. The lowest BCUT2D eigenvalue weighted by Crippen LogP contribution is -2.46. The van der Waals surface area contributed by atoms with E-state index in [2.05, 4.69) is 20.7 Å². The van der Waals surface area contributed by atoms with Gasteiger partial charge >= 0.3 is 0 Å². The van der Waals surface area contributed by atoms with Crippen LogP contribution in [0.4, 0.5) is 5.82 Å². The van der Waals surface area contributed by atoms with Crippen molar-refractivity contribution in [2.24, 2.45) is 0 Å². The maximum atomic E-state index is 11.6. The first-order valence-electron chi connectivity index (χ1n) is 5.40. The minimum Gasteiger partial charge on any atom is -0.360 e. The summed E-state index contributed by atoms with van der Waals surface area (Å²) in [5.41, 5.74) is 0. The van der Waals surface area contributed by atoms with Crippen LogP contribution in [0.3, 0.4) is 0 Å². The molecule has 0 aromatic carbocycles. The molecular weight excluding hydrogens is 208 g/mol. The molecule has 0 bridgehead atoms. The van der Waals surface area contributed by atoms with Gasteiger partial charge in [0, 0.05) is 32.2 Å². The topological polar surface area (TPSA) is 70.4 Å². The molecule has 1 aromatic heterocycles. The van der Waals surface area contributed by atoms with Gasteiger partial charge in [-0.15, -0.1) is 0 Å². The molecule has 6 heteroatoms. The second-order valence-electron chi connectivity index (χ2n) is 3.90. The van der Waals surface area contributed by atoms with Crippen LogP contribution in [0.2, 0.25) is 0 Å². The van der Waals surface area contributed by atoms with E-state index >= 15 is 0 Å². The average Bonchev–Trinajstić information content (AvgIpc) is 2.65. The smallest absolute Gasteiger partial charge is 0.239 e. The van der Waals surface area contributed by atoms with Gasteiger partial charge in [0.25, 0.3) is 0 Å². The average molecular weight is 224 g/mol. The standard InChI is InChI=1S/C10H16N4O2/c1-8-6-9(13-16-8)12-10(15)7-14-4-2-11-3-5-14/h6,11H,2-5,7H2,1H3,(H,12,13,15). The number of hydrogen-bond acceptors (Lipinski definition) is 5. The van der Waals surface area contributed by atoms with Crippen LogP contribution in [0, 0.1) is 6.92 Å². The fourth-order valence-electron chi connectivity index (χ4n) is 1.68. The Kier molecular flexibility index (Phi) is 3.53. The molecule has 0 radical (unpaired) electrons. The van der Waals surface area contributed by atoms with Crippen molar-refractivity contribution in [1.82, 2.24) is 15.4 Å². The minimum absolute atomic E-state index is 0.0461. The van der Waals surface area contributed by atoms with E-state index in [0.717, 1.165) is 26.2 Å². The molecule has 1 aliphatic heterocycles. The molecule has 0 atom stereocenters. The predicted octanol–water partition coefficient (Wildman–Crippen LogP) is -0.173. The number of piperazine rings is 1. The first-order valence-corrected chi connectivity index (χ1v) is 5.40. The van der Waals surface area contributed by atoms with Crippen molar-refractivity contribution in [3.05, 3.63) is 11.8 Å². The van der Waals surface area contributed by atoms with Crippen LogP contribution in [0.25, 0.3) is 0 Å². The molecule has 0 saturated carbocycles. The van der Waals surface area contributed by atoms with Crippen LogP contribution in [0.5, 0.6) is 0 Å². The molecule has 2 rings (SSSR count). The Morgan fingerprint density at radius 1 is 1.62 bits per heavy atom. The summed E-state index contributed by atoms with van der Waals surface area (Å²) >= 11 is 0. The van der Waals surface area contributed by atoms with Crippen LogP contribution in [0.1, 0.15) is 5.76 Å². The first kappa shape index (κ1) is 11.1. The van der Waals surface area contributed by atoms with E-state index in [9.17, 15) is 4.79 Å². The van der Waals surface area contributed by atoms with Crippen LogP contribution < -0.4 is 10.6 Å². The molecule has 1 fully saturated rings. The molecule has 0 unspecified atom stereocenters. The van der Waals surface area contributed by atoms with E-state index in [1.807, 2.05) is 0 Å². The largest absolute Gasteiger partial charge is 0.360 e. The summed E-state index contributed by atoms with van der Waals surface area (Å²) in [4.78, 5) is 13.7. The Morgan fingerprint density at radius 2 is 2.38 bits per heavy atom. The van der Waals surface area contributed by atoms with Gasteiger partial charge in [0.15, 0.2) is 5.82 Å². The second kappa shape index (κ2) is 5.09. The number of hydrogen-bond donors (Lipinski definition) is 2. The Balaban J connectivity index is 1.79. The zero-order valence-corrected chi connectivity index (χ0v) is 9.32. The maximum absolute atomic E-state index is 11.6. The maximum Gasteiger partial charge on any atom is 0.239 e. The number of rotatable bonds is 3. The highest BCUT2D eigenvalue weighted by Gasteiger charge is 2.14. The van der Waals surface area contributed by atoms with Crippen molar-refractivity contribution in [2.75, 3.05) is 38.0 Å². The monoisotopic (exact) mass is 224 g/mol. The third kappa shape index (κ3) is 3.04. The molecule has 0 spiro atoms. The summed E-state index contributed by atoms with van der Waals surface area (Å²) < 4.78 is 4.87. The molecule has 88 valence electrons. The van der Waals surface area contributed by atoms with Crippen LogP contribution in [0.15, 0.2) is 10.6 Å². The van der Waals surface area contributed by atoms with Crippen molar-refractivity contribution in [3.8, 4) is 0 Å². The van der Waals surface area contributed by atoms with E-state index in [-0.39, 0.29) is 5.91 Å². The van der Waals surface area contributed by atoms with Gasteiger partial charge in [-0.05, 0) is 6.92 Å². The van der Waals surface area contributed by atoms with Gasteiger partial charge in [-0.25, -0.2) is 0 Å². The number of anilines is 1. The van der Waals surface area contributed by atoms with Gasteiger partial charge < -0.3 is 15.2 Å². The number of carbonyl (C=O) groups excluding carboxylic acids is 1. The van der Waals surface area contributed by atoms with Gasteiger partial charge in [-0.1, -0.05) is 5.16 Å². The van der Waals surface area contributed by atoms with Crippen molar-refractivity contribution < 1.29 is 9.32 Å². The summed E-state index contributed by atoms with van der Waals surface area (Å²) in [6.45, 7) is 5.90. The summed E-state index contributed by atoms with van der Waals surface area (Å²) in [7, 11) is 0. The predicted molar refractivity (Wildman–Crippen MR) is 59.2 cm³/mol. The Bertz CT molecular complexity index is 357. The number of aromatic nitrogens is 1. The highest BCUT2D eigenvalue weighted by atomic mass is 16.5. The zero-order chi connectivity index (χ0) is 11.4. The quantitative estimate of drug-likeness (QED) is 0.745. The molecule has 1 aliphatic rings. The minimum atomic E-state index is -0.0461. The van der Waals surface area contributed by atoms with Gasteiger partial charge in [0.2, 0.25) is 5.91 Å². The van der Waals surface area contributed by atoms with E-state index < -0.39 is 0 Å². The fourth-order valence-corrected chi connectivity index (χ4v) is 1.68. The summed E-state index contributed by atoms with van der Waals surface area (Å²) in [5, 5.41) is 9.66. The molecule has 6 nitrogen and oxygen atoms in total. The molecule has 1 amide bonds. The Morgan fingerprint density at radius 3 is 3.00 bits per heavy atom. The zero-order valence-electron chi connectivity index (χ0n) is 9.32. The SMILES string of the molecule is Cc1cc(NC(=O)CN2CCNCC2)no1. The van der Waals surface area contributed by atoms with Crippen LogP contribution in [-0.4, -0.2) is 48.7 Å². The lowest BCUT2D eigenvalue weighted by molar-refractivity contribution is -0.117. The van der Waals surface area contributed by atoms with E-state index in [1.165, 1.54) is 0 Å². The molecule has 2 heterocycles. The summed E-state index contributed by atoms with van der Waals surface area (Å²) in [6.07, 6.45) is 0. The summed E-state index contributed by atoms with van der Waals surface area (Å²) in [5.74, 6) is 1.13. The Hall–Kier alpha value is -1.40. The molecule has 1 aromatic rings.